The van der Waals surface area contributed by atoms with Gasteiger partial charge in [-0.15, -0.1) is 0 Å². The molecule has 1 atom stereocenters. The number of nitrogen functional groups attached to an aromatic ring is 1. The zero-order valence-corrected chi connectivity index (χ0v) is 15.3. The van der Waals surface area contributed by atoms with Crippen molar-refractivity contribution in [2.24, 2.45) is 5.92 Å². The van der Waals surface area contributed by atoms with E-state index in [1.165, 1.54) is 0 Å². The molecule has 6 heteroatoms. The molecular weight excluding hydrogens is 330 g/mol. The molecule has 1 fully saturated rings. The molecule has 2 aromatic rings. The van der Waals surface area contributed by atoms with E-state index in [9.17, 15) is 4.79 Å². The van der Waals surface area contributed by atoms with E-state index in [0.29, 0.717) is 22.9 Å². The first kappa shape index (κ1) is 18.2. The minimum absolute atomic E-state index is 0.0280. The molecule has 1 aliphatic rings. The maximum absolute atomic E-state index is 13.0. The van der Waals surface area contributed by atoms with Gasteiger partial charge in [-0.25, -0.2) is 4.98 Å². The van der Waals surface area contributed by atoms with Crippen LogP contribution in [0.3, 0.4) is 0 Å². The highest BCUT2D eigenvalue weighted by atomic mass is 16.5. The van der Waals surface area contributed by atoms with Gasteiger partial charge in [0.25, 0.3) is 0 Å². The average Bonchev–Trinajstić information content (AvgIpc) is 2.69. The summed E-state index contributed by atoms with van der Waals surface area (Å²) < 4.78 is 10.6. The van der Waals surface area contributed by atoms with Gasteiger partial charge in [0, 0.05) is 36.3 Å². The van der Waals surface area contributed by atoms with E-state index in [1.54, 1.807) is 32.5 Å². The molecule has 138 valence electrons. The fraction of sp³-hybridized carbons (Fsp3) is 0.400. The van der Waals surface area contributed by atoms with Crippen molar-refractivity contribution >= 4 is 11.6 Å². The Labute approximate surface area is 153 Å². The second-order valence-electron chi connectivity index (χ2n) is 6.56. The lowest BCUT2D eigenvalue weighted by molar-refractivity contribution is 0.0811. The Kier molecular flexibility index (Phi) is 5.73. The number of nitrogens with two attached hydrogens (primary N) is 1. The van der Waals surface area contributed by atoms with E-state index in [2.05, 4.69) is 9.88 Å². The smallest absolute Gasteiger partial charge is 0.167 e. The van der Waals surface area contributed by atoms with Crippen LogP contribution in [0.15, 0.2) is 36.5 Å². The van der Waals surface area contributed by atoms with E-state index < -0.39 is 0 Å². The third kappa shape index (κ3) is 3.96. The van der Waals surface area contributed by atoms with Gasteiger partial charge >= 0.3 is 0 Å². The van der Waals surface area contributed by atoms with Crippen LogP contribution in [0.4, 0.5) is 5.82 Å². The second kappa shape index (κ2) is 8.19. The van der Waals surface area contributed by atoms with E-state index in [4.69, 9.17) is 15.2 Å². The molecule has 2 N–H and O–H groups in total. The lowest BCUT2D eigenvalue weighted by Crippen LogP contribution is -2.38. The maximum Gasteiger partial charge on any atom is 0.167 e. The largest absolute Gasteiger partial charge is 0.493 e. The van der Waals surface area contributed by atoms with Crippen molar-refractivity contribution in [1.29, 1.82) is 0 Å². The normalized spacial score (nSPS) is 17.7. The van der Waals surface area contributed by atoms with Crippen LogP contribution >= 0.6 is 0 Å². The molecule has 0 radical (unpaired) electrons. The lowest BCUT2D eigenvalue weighted by atomic mass is 9.89. The van der Waals surface area contributed by atoms with Crippen LogP contribution in [0.5, 0.6) is 11.5 Å². The fourth-order valence-corrected chi connectivity index (χ4v) is 3.46. The van der Waals surface area contributed by atoms with Crippen LogP contribution in [0.25, 0.3) is 0 Å². The Morgan fingerprint density at radius 2 is 2.08 bits per heavy atom. The number of piperidine rings is 1. The minimum Gasteiger partial charge on any atom is -0.493 e. The Hall–Kier alpha value is -2.60. The number of anilines is 1. The van der Waals surface area contributed by atoms with Crippen molar-refractivity contribution in [3.8, 4) is 11.5 Å². The van der Waals surface area contributed by atoms with Gasteiger partial charge in [0.2, 0.25) is 0 Å². The fourth-order valence-electron chi connectivity index (χ4n) is 3.46. The summed E-state index contributed by atoms with van der Waals surface area (Å²) in [6.45, 7) is 2.40. The van der Waals surface area contributed by atoms with Gasteiger partial charge in [-0.1, -0.05) is 6.07 Å². The molecule has 1 saturated heterocycles. The second-order valence-corrected chi connectivity index (χ2v) is 6.56. The van der Waals surface area contributed by atoms with Gasteiger partial charge in [0.05, 0.1) is 14.2 Å². The maximum atomic E-state index is 13.0. The summed E-state index contributed by atoms with van der Waals surface area (Å²) in [6.07, 6.45) is 3.58. The van der Waals surface area contributed by atoms with Crippen LogP contribution in [-0.2, 0) is 6.54 Å². The summed E-state index contributed by atoms with van der Waals surface area (Å²) in [4.78, 5) is 19.4. The monoisotopic (exact) mass is 355 g/mol. The summed E-state index contributed by atoms with van der Waals surface area (Å²) in [5.74, 6) is 1.88. The van der Waals surface area contributed by atoms with Crippen LogP contribution in [0, 0.1) is 5.92 Å². The number of benzene rings is 1. The molecule has 1 aliphatic heterocycles. The summed E-state index contributed by atoms with van der Waals surface area (Å²) in [7, 11) is 3.16. The number of nitrogens with zero attached hydrogens (tertiary/aromatic N) is 2. The molecule has 1 aromatic carbocycles. The Morgan fingerprint density at radius 1 is 1.27 bits per heavy atom. The molecule has 0 saturated carbocycles. The highest BCUT2D eigenvalue weighted by Gasteiger charge is 2.27. The number of ether oxygens (including phenoxy) is 2. The highest BCUT2D eigenvalue weighted by molar-refractivity contribution is 5.98. The number of likely N-dealkylation sites (tertiary alicyclic amines) is 1. The van der Waals surface area contributed by atoms with E-state index in [1.807, 2.05) is 18.2 Å². The number of pyridine rings is 1. The summed E-state index contributed by atoms with van der Waals surface area (Å²) >= 11 is 0. The molecule has 3 rings (SSSR count). The quantitative estimate of drug-likeness (QED) is 0.803. The molecule has 26 heavy (non-hydrogen) atoms. The summed E-state index contributed by atoms with van der Waals surface area (Å²) in [5, 5.41) is 0. The van der Waals surface area contributed by atoms with Gasteiger partial charge in [0.15, 0.2) is 17.3 Å². The van der Waals surface area contributed by atoms with Gasteiger partial charge in [0.1, 0.15) is 5.82 Å². The van der Waals surface area contributed by atoms with Crippen LogP contribution in [-0.4, -0.2) is 43.0 Å². The number of hydrogen-bond acceptors (Lipinski definition) is 6. The van der Waals surface area contributed by atoms with Gasteiger partial charge in [-0.2, -0.15) is 0 Å². The van der Waals surface area contributed by atoms with Gasteiger partial charge < -0.3 is 15.2 Å². The Bertz CT molecular complexity index is 779. The first-order valence-corrected chi connectivity index (χ1v) is 8.80. The van der Waals surface area contributed by atoms with Crippen molar-refractivity contribution in [3.63, 3.8) is 0 Å². The number of carbonyl (C=O) groups excluding carboxylic acids is 1. The predicted molar refractivity (Wildman–Crippen MR) is 101 cm³/mol. The van der Waals surface area contributed by atoms with Crippen LogP contribution in [0.2, 0.25) is 0 Å². The van der Waals surface area contributed by atoms with Crippen molar-refractivity contribution in [2.75, 3.05) is 33.0 Å². The van der Waals surface area contributed by atoms with Crippen LogP contribution < -0.4 is 15.2 Å². The Morgan fingerprint density at radius 3 is 2.81 bits per heavy atom. The van der Waals surface area contributed by atoms with Crippen molar-refractivity contribution in [1.82, 2.24) is 9.88 Å². The third-order valence-electron chi connectivity index (χ3n) is 4.86. The number of hydrogen-bond donors (Lipinski definition) is 1. The Balaban J connectivity index is 1.71. The molecule has 0 spiro atoms. The first-order chi connectivity index (χ1) is 12.6. The van der Waals surface area contributed by atoms with E-state index in [-0.39, 0.29) is 11.7 Å². The minimum atomic E-state index is -0.0280. The van der Waals surface area contributed by atoms with Gasteiger partial charge in [-0.3, -0.25) is 9.69 Å². The predicted octanol–water partition coefficient (Wildman–Crippen LogP) is 2.78. The standard InChI is InChI=1S/C20H25N3O3/c1-25-17-8-7-14(11-18(17)26-2)19(24)15-6-4-10-23(12-15)13-16-5-3-9-22-20(16)21/h3,5,7-9,11,15H,4,6,10,12-13H2,1-2H3,(H2,21,22)/t15-/m1/s1. The first-order valence-electron chi connectivity index (χ1n) is 8.80. The number of methoxy groups -OCH3 is 2. The zero-order chi connectivity index (χ0) is 18.5. The number of carbonyl (C=O) groups is 1. The molecular formula is C20H25N3O3. The number of ketones is 1. The zero-order valence-electron chi connectivity index (χ0n) is 15.3. The van der Waals surface area contributed by atoms with Crippen molar-refractivity contribution in [2.45, 2.75) is 19.4 Å². The summed E-state index contributed by atoms with van der Waals surface area (Å²) in [5.41, 5.74) is 7.62. The van der Waals surface area contributed by atoms with Crippen molar-refractivity contribution < 1.29 is 14.3 Å². The van der Waals surface area contributed by atoms with E-state index >= 15 is 0 Å². The molecule has 0 aliphatic carbocycles. The molecule has 6 nitrogen and oxygen atoms in total. The van der Waals surface area contributed by atoms with Crippen molar-refractivity contribution in [3.05, 3.63) is 47.7 Å². The molecule has 1 aromatic heterocycles. The van der Waals surface area contributed by atoms with Crippen LogP contribution in [0.1, 0.15) is 28.8 Å². The molecule has 0 bridgehead atoms. The SMILES string of the molecule is COc1ccc(C(=O)[C@@H]2CCCN(Cc3cccnc3N)C2)cc1OC. The van der Waals surface area contributed by atoms with E-state index in [0.717, 1.165) is 38.0 Å². The number of rotatable bonds is 6. The van der Waals surface area contributed by atoms with Gasteiger partial charge in [-0.05, 0) is 43.7 Å². The number of aromatic nitrogens is 1. The molecule has 0 amide bonds. The molecule has 2 heterocycles. The lowest BCUT2D eigenvalue weighted by Gasteiger charge is -2.32. The summed E-state index contributed by atoms with van der Waals surface area (Å²) in [6, 6.07) is 9.23. The third-order valence-corrected chi connectivity index (χ3v) is 4.86. The topological polar surface area (TPSA) is 77.7 Å². The average molecular weight is 355 g/mol. The highest BCUT2D eigenvalue weighted by Crippen LogP contribution is 2.30. The molecule has 0 unspecified atom stereocenters. The number of Topliss-reactive ketones (excluding diaryl/α,β-unsaturated/α-hetero) is 1.